The predicted molar refractivity (Wildman–Crippen MR) is 91.9 cm³/mol. The summed E-state index contributed by atoms with van der Waals surface area (Å²) in [7, 11) is 3.41. The van der Waals surface area contributed by atoms with E-state index in [1.54, 1.807) is 38.4 Å². The number of carbonyl (C=O) groups excluding carboxylic acids is 2. The van der Waals surface area contributed by atoms with Crippen LogP contribution in [0.25, 0.3) is 0 Å². The highest BCUT2D eigenvalue weighted by Crippen LogP contribution is 2.30. The fourth-order valence-corrected chi connectivity index (χ4v) is 2.50. The van der Waals surface area contributed by atoms with Crippen molar-refractivity contribution in [3.05, 3.63) is 29.8 Å². The third-order valence-electron chi connectivity index (χ3n) is 4.12. The van der Waals surface area contributed by atoms with E-state index in [4.69, 9.17) is 10.5 Å². The second kappa shape index (κ2) is 8.29. The van der Waals surface area contributed by atoms with Gasteiger partial charge in [0.15, 0.2) is 0 Å². The number of anilines is 1. The molecule has 2 rings (SSSR count). The number of nitrogens with one attached hydrogen (secondary N) is 1. The van der Waals surface area contributed by atoms with Gasteiger partial charge in [0.2, 0.25) is 5.91 Å². The Hall–Kier alpha value is -1.63. The highest BCUT2D eigenvalue weighted by Gasteiger charge is 2.38. The zero-order valence-corrected chi connectivity index (χ0v) is 14.3. The molecule has 0 bridgehead atoms. The van der Waals surface area contributed by atoms with Crippen LogP contribution in [0.5, 0.6) is 0 Å². The molecule has 0 saturated carbocycles. The Kier molecular flexibility index (Phi) is 7.00. The summed E-state index contributed by atoms with van der Waals surface area (Å²) in [6, 6.07) is 6.88. The summed E-state index contributed by atoms with van der Waals surface area (Å²) in [5, 5.41) is 2.90. The molecule has 6 nitrogen and oxygen atoms in total. The van der Waals surface area contributed by atoms with Crippen molar-refractivity contribution >= 4 is 29.9 Å². The van der Waals surface area contributed by atoms with E-state index in [9.17, 15) is 9.59 Å². The maximum Gasteiger partial charge on any atom is 0.253 e. The highest BCUT2D eigenvalue weighted by molar-refractivity contribution is 5.97. The van der Waals surface area contributed by atoms with Crippen LogP contribution in [0.2, 0.25) is 0 Å². The first-order valence-corrected chi connectivity index (χ1v) is 7.39. The van der Waals surface area contributed by atoms with Gasteiger partial charge in [0.25, 0.3) is 5.91 Å². The topological polar surface area (TPSA) is 84.7 Å². The van der Waals surface area contributed by atoms with E-state index in [0.717, 1.165) is 0 Å². The van der Waals surface area contributed by atoms with Crippen molar-refractivity contribution in [2.75, 3.05) is 39.2 Å². The molecule has 2 amide bonds. The van der Waals surface area contributed by atoms with Crippen LogP contribution >= 0.6 is 12.4 Å². The molecular formula is C16H24ClN3O3. The van der Waals surface area contributed by atoms with Gasteiger partial charge in [-0.1, -0.05) is 0 Å². The molecule has 0 radical (unpaired) electrons. The number of hydrogen-bond donors (Lipinski definition) is 2. The molecule has 1 aliphatic rings. The number of ether oxygens (including phenoxy) is 1. The Labute approximate surface area is 142 Å². The number of benzene rings is 1. The van der Waals surface area contributed by atoms with Crippen LogP contribution in [-0.4, -0.2) is 50.6 Å². The molecule has 0 aromatic heterocycles. The van der Waals surface area contributed by atoms with Crippen LogP contribution in [0.15, 0.2) is 24.3 Å². The molecule has 7 heteroatoms. The van der Waals surface area contributed by atoms with E-state index in [1.165, 1.54) is 4.90 Å². The summed E-state index contributed by atoms with van der Waals surface area (Å²) < 4.78 is 5.31. The first-order chi connectivity index (χ1) is 10.5. The van der Waals surface area contributed by atoms with E-state index < -0.39 is 5.41 Å². The number of carbonyl (C=O) groups is 2. The van der Waals surface area contributed by atoms with Crippen molar-refractivity contribution in [2.45, 2.75) is 12.8 Å². The Morgan fingerprint density at radius 1 is 1.22 bits per heavy atom. The molecule has 0 unspecified atom stereocenters. The van der Waals surface area contributed by atoms with Gasteiger partial charge >= 0.3 is 0 Å². The lowest BCUT2D eigenvalue weighted by molar-refractivity contribution is -0.130. The third-order valence-corrected chi connectivity index (χ3v) is 4.12. The minimum atomic E-state index is -0.559. The Morgan fingerprint density at radius 2 is 1.78 bits per heavy atom. The summed E-state index contributed by atoms with van der Waals surface area (Å²) in [5.41, 5.74) is 6.52. The van der Waals surface area contributed by atoms with Crippen LogP contribution in [0, 0.1) is 5.41 Å². The van der Waals surface area contributed by atoms with Crippen molar-refractivity contribution in [1.29, 1.82) is 0 Å². The maximum absolute atomic E-state index is 12.5. The summed E-state index contributed by atoms with van der Waals surface area (Å²) >= 11 is 0. The zero-order valence-electron chi connectivity index (χ0n) is 13.5. The maximum atomic E-state index is 12.5. The molecular weight excluding hydrogens is 318 g/mol. The van der Waals surface area contributed by atoms with Crippen molar-refractivity contribution in [3.63, 3.8) is 0 Å². The molecule has 0 aliphatic carbocycles. The monoisotopic (exact) mass is 341 g/mol. The molecule has 1 saturated heterocycles. The minimum Gasteiger partial charge on any atom is -0.381 e. The second-order valence-electron chi connectivity index (χ2n) is 5.83. The lowest BCUT2D eigenvalue weighted by Gasteiger charge is -2.34. The molecule has 1 aromatic carbocycles. The number of hydrogen-bond acceptors (Lipinski definition) is 4. The summed E-state index contributed by atoms with van der Waals surface area (Å²) in [6.07, 6.45) is 1.26. The van der Waals surface area contributed by atoms with Crippen LogP contribution in [0.4, 0.5) is 5.69 Å². The molecule has 1 fully saturated rings. The van der Waals surface area contributed by atoms with Gasteiger partial charge in [-0.25, -0.2) is 0 Å². The van der Waals surface area contributed by atoms with Gasteiger partial charge < -0.3 is 20.7 Å². The zero-order chi connectivity index (χ0) is 16.2. The van der Waals surface area contributed by atoms with Crippen molar-refractivity contribution in [2.24, 2.45) is 11.1 Å². The summed E-state index contributed by atoms with van der Waals surface area (Å²) in [4.78, 5) is 25.9. The molecule has 1 aromatic rings. The van der Waals surface area contributed by atoms with Crippen LogP contribution in [-0.2, 0) is 9.53 Å². The standard InChI is InChI=1S/C16H23N3O3.ClH/c1-19(2)14(20)12-3-5-13(6-4-12)18-15(21)16(11-17)7-9-22-10-8-16;/h3-6H,7-11,17H2,1-2H3,(H,18,21);1H. The fourth-order valence-electron chi connectivity index (χ4n) is 2.50. The molecule has 23 heavy (non-hydrogen) atoms. The van der Waals surface area contributed by atoms with Crippen LogP contribution < -0.4 is 11.1 Å². The first kappa shape index (κ1) is 19.4. The summed E-state index contributed by atoms with van der Waals surface area (Å²) in [5.74, 6) is -0.147. The van der Waals surface area contributed by atoms with Crippen LogP contribution in [0.1, 0.15) is 23.2 Å². The van der Waals surface area contributed by atoms with Gasteiger partial charge in [0, 0.05) is 45.1 Å². The minimum absolute atomic E-state index is 0. The van der Waals surface area contributed by atoms with Crippen molar-refractivity contribution < 1.29 is 14.3 Å². The molecule has 3 N–H and O–H groups in total. The predicted octanol–water partition coefficient (Wildman–Crippen LogP) is 1.50. The molecule has 128 valence electrons. The van der Waals surface area contributed by atoms with Gasteiger partial charge in [-0.05, 0) is 37.1 Å². The first-order valence-electron chi connectivity index (χ1n) is 7.39. The van der Waals surface area contributed by atoms with Crippen molar-refractivity contribution in [1.82, 2.24) is 4.90 Å². The molecule has 0 spiro atoms. The Balaban J connectivity index is 0.00000264. The van der Waals surface area contributed by atoms with E-state index in [1.807, 2.05) is 0 Å². The average Bonchev–Trinajstić information content (AvgIpc) is 2.55. The number of nitrogens with two attached hydrogens (primary N) is 1. The Bertz CT molecular complexity index is 540. The van der Waals surface area contributed by atoms with E-state index in [-0.39, 0.29) is 24.2 Å². The lowest BCUT2D eigenvalue weighted by Crippen LogP contribution is -2.46. The second-order valence-corrected chi connectivity index (χ2v) is 5.83. The van der Waals surface area contributed by atoms with Crippen molar-refractivity contribution in [3.8, 4) is 0 Å². The van der Waals surface area contributed by atoms with Gasteiger partial charge in [0.05, 0.1) is 5.41 Å². The third kappa shape index (κ3) is 4.43. The quantitative estimate of drug-likeness (QED) is 0.869. The van der Waals surface area contributed by atoms with Gasteiger partial charge in [-0.15, -0.1) is 12.4 Å². The van der Waals surface area contributed by atoms with Gasteiger partial charge in [-0.3, -0.25) is 9.59 Å². The molecule has 1 aliphatic heterocycles. The largest absolute Gasteiger partial charge is 0.381 e. The summed E-state index contributed by atoms with van der Waals surface area (Å²) in [6.45, 7) is 1.42. The number of halogens is 1. The average molecular weight is 342 g/mol. The van der Waals surface area contributed by atoms with Gasteiger partial charge in [-0.2, -0.15) is 0 Å². The number of amides is 2. The highest BCUT2D eigenvalue weighted by atomic mass is 35.5. The number of rotatable bonds is 4. The van der Waals surface area contributed by atoms with Gasteiger partial charge in [0.1, 0.15) is 0 Å². The molecule has 1 heterocycles. The number of nitrogens with zero attached hydrogens (tertiary/aromatic N) is 1. The van der Waals surface area contributed by atoms with Crippen LogP contribution in [0.3, 0.4) is 0 Å². The normalized spacial score (nSPS) is 16.1. The molecule has 0 atom stereocenters. The van der Waals surface area contributed by atoms with E-state index >= 15 is 0 Å². The fraction of sp³-hybridized carbons (Fsp3) is 0.500. The smallest absolute Gasteiger partial charge is 0.253 e. The Morgan fingerprint density at radius 3 is 2.26 bits per heavy atom. The van der Waals surface area contributed by atoms with E-state index in [2.05, 4.69) is 5.32 Å². The lowest BCUT2D eigenvalue weighted by atomic mass is 9.79. The SMILES string of the molecule is CN(C)C(=O)c1ccc(NC(=O)C2(CN)CCOCC2)cc1.Cl. The van der Waals surface area contributed by atoms with E-state index in [0.29, 0.717) is 43.9 Å².